The van der Waals surface area contributed by atoms with Gasteiger partial charge < -0.3 is 5.73 Å². The van der Waals surface area contributed by atoms with Gasteiger partial charge in [-0.05, 0) is 29.2 Å². The lowest BCUT2D eigenvalue weighted by atomic mass is 10.0. The van der Waals surface area contributed by atoms with Crippen molar-refractivity contribution in [1.29, 1.82) is 0 Å². The highest BCUT2D eigenvalue weighted by Crippen LogP contribution is 2.44. The molecule has 3 rings (SSSR count). The molecule has 0 aliphatic heterocycles. The summed E-state index contributed by atoms with van der Waals surface area (Å²) < 4.78 is 62.7. The van der Waals surface area contributed by atoms with E-state index in [1.54, 1.807) is 41.1 Å². The maximum Gasteiger partial charge on any atom is 0.516 e. The van der Waals surface area contributed by atoms with Gasteiger partial charge in [0.05, 0.1) is 5.69 Å². The highest BCUT2D eigenvalue weighted by molar-refractivity contribution is 7.93. The number of rotatable bonds is 4. The van der Waals surface area contributed by atoms with Gasteiger partial charge in [0.1, 0.15) is 0 Å². The Balaban J connectivity index is 0.00000225. The Labute approximate surface area is 149 Å². The van der Waals surface area contributed by atoms with Gasteiger partial charge in [-0.15, -0.1) is 12.4 Å². The Morgan fingerprint density at radius 2 is 1.64 bits per heavy atom. The fourth-order valence-electron chi connectivity index (χ4n) is 2.55. The van der Waals surface area contributed by atoms with Crippen LogP contribution in [0.3, 0.4) is 0 Å². The van der Waals surface area contributed by atoms with E-state index >= 15 is 0 Å². The van der Waals surface area contributed by atoms with Crippen LogP contribution in [0.1, 0.15) is 17.9 Å². The molecule has 1 aliphatic rings. The lowest BCUT2D eigenvalue weighted by Gasteiger charge is -2.15. The summed E-state index contributed by atoms with van der Waals surface area (Å²) in [5.41, 5.74) is 2.19. The predicted octanol–water partition coefficient (Wildman–Crippen LogP) is 3.85. The van der Waals surface area contributed by atoms with Crippen molar-refractivity contribution in [2.75, 3.05) is 4.72 Å². The molecule has 2 aromatic rings. The first-order valence-electron chi connectivity index (χ1n) is 7.23. The molecule has 136 valence electrons. The fraction of sp³-hybridized carbons (Fsp3) is 0.250. The second-order valence-corrected chi connectivity index (χ2v) is 7.40. The monoisotopic (exact) mass is 392 g/mol. The van der Waals surface area contributed by atoms with E-state index in [2.05, 4.69) is 0 Å². The number of halogens is 4. The van der Waals surface area contributed by atoms with Crippen LogP contribution in [-0.4, -0.2) is 20.0 Å². The molecule has 0 spiro atoms. The van der Waals surface area contributed by atoms with Crippen molar-refractivity contribution < 1.29 is 21.6 Å². The summed E-state index contributed by atoms with van der Waals surface area (Å²) in [5.74, 6) is -0.138. The SMILES string of the molecule is Cl.N[C@@H]1C[C@H]1c1ccc(-c2ccccc2)cc1NS(=O)(=O)C(F)(F)F. The van der Waals surface area contributed by atoms with E-state index in [-0.39, 0.29) is 30.1 Å². The molecule has 1 saturated carbocycles. The van der Waals surface area contributed by atoms with Crippen LogP contribution in [0.5, 0.6) is 0 Å². The van der Waals surface area contributed by atoms with Gasteiger partial charge in [-0.1, -0.05) is 42.5 Å². The summed E-state index contributed by atoms with van der Waals surface area (Å²) in [6.07, 6.45) is 0.616. The second-order valence-electron chi connectivity index (χ2n) is 5.73. The molecule has 0 aromatic heterocycles. The summed E-state index contributed by atoms with van der Waals surface area (Å²) >= 11 is 0. The van der Waals surface area contributed by atoms with Crippen LogP contribution in [0, 0.1) is 0 Å². The second kappa shape index (κ2) is 6.86. The molecule has 3 N–H and O–H groups in total. The normalized spacial score (nSPS) is 19.8. The van der Waals surface area contributed by atoms with E-state index in [4.69, 9.17) is 5.73 Å². The van der Waals surface area contributed by atoms with Crippen LogP contribution in [0.15, 0.2) is 48.5 Å². The molecule has 1 aliphatic carbocycles. The minimum Gasteiger partial charge on any atom is -0.327 e. The van der Waals surface area contributed by atoms with E-state index < -0.39 is 15.5 Å². The van der Waals surface area contributed by atoms with Crippen molar-refractivity contribution in [2.45, 2.75) is 23.9 Å². The summed E-state index contributed by atoms with van der Waals surface area (Å²) in [4.78, 5) is 0. The molecular formula is C16H16ClF3N2O2S. The smallest absolute Gasteiger partial charge is 0.327 e. The van der Waals surface area contributed by atoms with Crippen LogP contribution in [-0.2, 0) is 10.0 Å². The first-order chi connectivity index (χ1) is 11.2. The van der Waals surface area contributed by atoms with Crippen LogP contribution in [0.2, 0.25) is 0 Å². The van der Waals surface area contributed by atoms with Gasteiger partial charge in [0, 0.05) is 12.0 Å². The number of sulfonamides is 1. The summed E-state index contributed by atoms with van der Waals surface area (Å²) in [6.45, 7) is 0. The first kappa shape index (κ1) is 19.6. The highest BCUT2D eigenvalue weighted by atomic mass is 35.5. The Morgan fingerprint density at radius 3 is 2.16 bits per heavy atom. The lowest BCUT2D eigenvalue weighted by Crippen LogP contribution is -2.30. The quantitative estimate of drug-likeness (QED) is 0.830. The number of hydrogen-bond acceptors (Lipinski definition) is 3. The number of anilines is 1. The van der Waals surface area contributed by atoms with E-state index in [0.717, 1.165) is 5.56 Å². The lowest BCUT2D eigenvalue weighted by molar-refractivity contribution is -0.0429. The molecule has 0 amide bonds. The van der Waals surface area contributed by atoms with Gasteiger partial charge in [0.15, 0.2) is 0 Å². The molecule has 1 fully saturated rings. The molecule has 2 aromatic carbocycles. The third kappa shape index (κ3) is 4.08. The zero-order chi connectivity index (χ0) is 17.5. The van der Waals surface area contributed by atoms with Gasteiger partial charge in [0.25, 0.3) is 0 Å². The molecule has 25 heavy (non-hydrogen) atoms. The molecule has 0 saturated heterocycles. The van der Waals surface area contributed by atoms with Crippen molar-refractivity contribution in [3.05, 3.63) is 54.1 Å². The van der Waals surface area contributed by atoms with Crippen LogP contribution < -0.4 is 10.5 Å². The molecule has 2 atom stereocenters. The van der Waals surface area contributed by atoms with Crippen molar-refractivity contribution in [3.8, 4) is 11.1 Å². The maximum absolute atomic E-state index is 12.7. The average Bonchev–Trinajstić information content (AvgIpc) is 3.23. The zero-order valence-electron chi connectivity index (χ0n) is 12.8. The van der Waals surface area contributed by atoms with Crippen molar-refractivity contribution >= 4 is 28.1 Å². The number of nitrogens with one attached hydrogen (secondary N) is 1. The Bertz CT molecular complexity index is 857. The number of alkyl halides is 3. The van der Waals surface area contributed by atoms with E-state index in [9.17, 15) is 21.6 Å². The number of hydrogen-bond donors (Lipinski definition) is 2. The first-order valence-corrected chi connectivity index (χ1v) is 8.71. The third-order valence-electron chi connectivity index (χ3n) is 3.95. The highest BCUT2D eigenvalue weighted by Gasteiger charge is 2.47. The molecule has 4 nitrogen and oxygen atoms in total. The Hall–Kier alpha value is -1.77. The summed E-state index contributed by atoms with van der Waals surface area (Å²) in [6, 6.07) is 13.6. The van der Waals surface area contributed by atoms with Gasteiger partial charge >= 0.3 is 15.5 Å². The molecular weight excluding hydrogens is 377 g/mol. The van der Waals surface area contributed by atoms with Crippen molar-refractivity contribution in [1.82, 2.24) is 0 Å². The summed E-state index contributed by atoms with van der Waals surface area (Å²) in [7, 11) is -5.49. The molecule has 0 radical (unpaired) electrons. The van der Waals surface area contributed by atoms with E-state index in [1.807, 2.05) is 6.07 Å². The molecule has 9 heteroatoms. The molecule has 0 bridgehead atoms. The van der Waals surface area contributed by atoms with Gasteiger partial charge in [-0.3, -0.25) is 4.72 Å². The number of benzene rings is 2. The van der Waals surface area contributed by atoms with Crippen molar-refractivity contribution in [3.63, 3.8) is 0 Å². The number of nitrogens with two attached hydrogens (primary N) is 1. The maximum atomic E-state index is 12.7. The van der Waals surface area contributed by atoms with Crippen LogP contribution in [0.4, 0.5) is 18.9 Å². The third-order valence-corrected chi connectivity index (χ3v) is 5.05. The van der Waals surface area contributed by atoms with E-state index in [1.165, 1.54) is 6.07 Å². The van der Waals surface area contributed by atoms with E-state index in [0.29, 0.717) is 17.5 Å². The Morgan fingerprint density at radius 1 is 1.04 bits per heavy atom. The zero-order valence-corrected chi connectivity index (χ0v) is 14.5. The minimum atomic E-state index is -5.49. The minimum absolute atomic E-state index is 0. The summed E-state index contributed by atoms with van der Waals surface area (Å²) in [5, 5.41) is 0. The van der Waals surface area contributed by atoms with Crippen LogP contribution in [0.25, 0.3) is 11.1 Å². The van der Waals surface area contributed by atoms with Gasteiger partial charge in [0.2, 0.25) is 0 Å². The van der Waals surface area contributed by atoms with Crippen LogP contribution >= 0.6 is 12.4 Å². The van der Waals surface area contributed by atoms with Gasteiger partial charge in [-0.25, -0.2) is 0 Å². The molecule has 0 heterocycles. The largest absolute Gasteiger partial charge is 0.516 e. The average molecular weight is 393 g/mol. The predicted molar refractivity (Wildman–Crippen MR) is 93.1 cm³/mol. The fourth-order valence-corrected chi connectivity index (χ4v) is 3.14. The topological polar surface area (TPSA) is 72.2 Å². The van der Waals surface area contributed by atoms with Gasteiger partial charge in [-0.2, -0.15) is 21.6 Å². The Kier molecular flexibility index (Phi) is 5.36. The molecule has 0 unspecified atom stereocenters. The standard InChI is InChI=1S/C16H15F3N2O2S.ClH/c17-16(18,19)24(22,23)21-15-8-11(10-4-2-1-3-5-10)6-7-12(15)13-9-14(13)20;/h1-8,13-14,21H,9,20H2;1H/t13-,14+;/m0./s1. The van der Waals surface area contributed by atoms with Crippen molar-refractivity contribution in [2.24, 2.45) is 5.73 Å².